The Morgan fingerprint density at radius 3 is 2.63 bits per heavy atom. The number of hydrogen-bond donors (Lipinski definition) is 2. The summed E-state index contributed by atoms with van der Waals surface area (Å²) in [7, 11) is -3.85. The minimum atomic E-state index is -3.85. The Hall–Kier alpha value is -1.73. The Morgan fingerprint density at radius 1 is 1.37 bits per heavy atom. The van der Waals surface area contributed by atoms with Crippen LogP contribution in [-0.4, -0.2) is 13.4 Å². The Kier molecular flexibility index (Phi) is 3.42. The Bertz CT molecular complexity index is 725. The van der Waals surface area contributed by atoms with Crippen molar-refractivity contribution in [3.8, 4) is 0 Å². The molecule has 6 nitrogen and oxygen atoms in total. The standard InChI is InChI=1S/C11H12ClN3O3S/c1-6-5-18-11(14-6)15-19(16,17)10-4-8(12)3-9(13)7(10)2/h3-5H,13H2,1-2H3,(H,14,15). The summed E-state index contributed by atoms with van der Waals surface area (Å²) < 4.78 is 31.6. The van der Waals surface area contributed by atoms with Crippen LogP contribution in [0.15, 0.2) is 27.7 Å². The van der Waals surface area contributed by atoms with Gasteiger partial charge in [-0.15, -0.1) is 0 Å². The second-order valence-electron chi connectivity index (χ2n) is 4.02. The van der Waals surface area contributed by atoms with Gasteiger partial charge in [0, 0.05) is 10.7 Å². The molecule has 1 heterocycles. The van der Waals surface area contributed by atoms with Gasteiger partial charge < -0.3 is 10.2 Å². The number of anilines is 2. The van der Waals surface area contributed by atoms with Crippen LogP contribution in [0.5, 0.6) is 0 Å². The molecule has 2 aromatic rings. The van der Waals surface area contributed by atoms with Gasteiger partial charge in [-0.1, -0.05) is 11.6 Å². The molecule has 0 aliphatic heterocycles. The summed E-state index contributed by atoms with van der Waals surface area (Å²) in [5.41, 5.74) is 6.99. The van der Waals surface area contributed by atoms with Gasteiger partial charge in [-0.3, -0.25) is 0 Å². The maximum absolute atomic E-state index is 12.2. The minimum absolute atomic E-state index is 0.00615. The van der Waals surface area contributed by atoms with Gasteiger partial charge >= 0.3 is 6.01 Å². The van der Waals surface area contributed by atoms with Crippen LogP contribution in [0, 0.1) is 13.8 Å². The lowest BCUT2D eigenvalue weighted by Gasteiger charge is -2.10. The van der Waals surface area contributed by atoms with Crippen molar-refractivity contribution in [3.63, 3.8) is 0 Å². The van der Waals surface area contributed by atoms with Crippen LogP contribution < -0.4 is 10.5 Å². The second-order valence-corrected chi connectivity index (χ2v) is 6.10. The molecule has 0 saturated heterocycles. The summed E-state index contributed by atoms with van der Waals surface area (Å²) in [4.78, 5) is 3.87. The molecule has 8 heteroatoms. The fraction of sp³-hybridized carbons (Fsp3) is 0.182. The Balaban J connectivity index is 2.45. The first-order valence-corrected chi connectivity index (χ1v) is 7.16. The van der Waals surface area contributed by atoms with Crippen molar-refractivity contribution in [2.45, 2.75) is 18.7 Å². The molecule has 0 fully saturated rings. The first-order valence-electron chi connectivity index (χ1n) is 5.30. The molecule has 0 radical (unpaired) electrons. The van der Waals surface area contributed by atoms with E-state index in [2.05, 4.69) is 9.71 Å². The van der Waals surface area contributed by atoms with E-state index in [0.29, 0.717) is 16.9 Å². The third-order valence-corrected chi connectivity index (χ3v) is 4.16. The topological polar surface area (TPSA) is 98.2 Å². The van der Waals surface area contributed by atoms with E-state index >= 15 is 0 Å². The smallest absolute Gasteiger partial charge is 0.309 e. The van der Waals surface area contributed by atoms with E-state index in [0.717, 1.165) is 0 Å². The van der Waals surface area contributed by atoms with E-state index in [1.165, 1.54) is 18.4 Å². The number of nitrogen functional groups attached to an aromatic ring is 1. The summed E-state index contributed by atoms with van der Waals surface area (Å²) in [6.45, 7) is 3.28. The molecule has 0 aliphatic rings. The van der Waals surface area contributed by atoms with E-state index in [4.69, 9.17) is 21.8 Å². The van der Waals surface area contributed by atoms with Crippen molar-refractivity contribution in [1.29, 1.82) is 0 Å². The number of sulfonamides is 1. The summed E-state index contributed by atoms with van der Waals surface area (Å²) in [5, 5.41) is 0.243. The first kappa shape index (κ1) is 13.7. The number of oxazole rings is 1. The van der Waals surface area contributed by atoms with Crippen molar-refractivity contribution >= 4 is 33.3 Å². The highest BCUT2D eigenvalue weighted by atomic mass is 35.5. The quantitative estimate of drug-likeness (QED) is 0.848. The zero-order valence-corrected chi connectivity index (χ0v) is 11.8. The van der Waals surface area contributed by atoms with Crippen LogP contribution in [0.1, 0.15) is 11.3 Å². The maximum atomic E-state index is 12.2. The highest BCUT2D eigenvalue weighted by molar-refractivity contribution is 7.92. The molecule has 0 saturated carbocycles. The van der Waals surface area contributed by atoms with Crippen molar-refractivity contribution in [3.05, 3.63) is 34.7 Å². The number of nitrogens with two attached hydrogens (primary N) is 1. The number of hydrogen-bond acceptors (Lipinski definition) is 5. The van der Waals surface area contributed by atoms with Crippen LogP contribution in [0.25, 0.3) is 0 Å². The third-order valence-electron chi connectivity index (χ3n) is 2.50. The lowest BCUT2D eigenvalue weighted by atomic mass is 10.2. The SMILES string of the molecule is Cc1coc(NS(=O)(=O)c2cc(Cl)cc(N)c2C)n1. The van der Waals surface area contributed by atoms with Crippen molar-refractivity contribution in [1.82, 2.24) is 4.98 Å². The normalized spacial score (nSPS) is 11.5. The fourth-order valence-electron chi connectivity index (χ4n) is 1.52. The number of halogens is 1. The summed E-state index contributed by atoms with van der Waals surface area (Å²) in [6.07, 6.45) is 1.34. The largest absolute Gasteiger partial charge is 0.431 e. The average molecular weight is 302 g/mol. The molecule has 0 unspecified atom stereocenters. The Labute approximate surface area is 115 Å². The highest BCUT2D eigenvalue weighted by Crippen LogP contribution is 2.27. The fourth-order valence-corrected chi connectivity index (χ4v) is 3.05. The molecule has 0 spiro atoms. The van der Waals surface area contributed by atoms with E-state index < -0.39 is 10.0 Å². The molecule has 3 N–H and O–H groups in total. The molecule has 0 bridgehead atoms. The van der Waals surface area contributed by atoms with E-state index in [1.807, 2.05) is 0 Å². The number of nitrogens with one attached hydrogen (secondary N) is 1. The molecule has 19 heavy (non-hydrogen) atoms. The molecule has 1 aromatic carbocycles. The molecule has 0 atom stereocenters. The third kappa shape index (κ3) is 2.82. The zero-order chi connectivity index (χ0) is 14.2. The van der Waals surface area contributed by atoms with Gasteiger partial charge in [-0.25, -0.2) is 13.1 Å². The first-order chi connectivity index (χ1) is 8.79. The number of aromatic nitrogens is 1. The highest BCUT2D eigenvalue weighted by Gasteiger charge is 2.21. The van der Waals surface area contributed by atoms with Crippen molar-refractivity contribution in [2.75, 3.05) is 10.5 Å². The van der Waals surface area contributed by atoms with Crippen LogP contribution in [0.4, 0.5) is 11.7 Å². The number of benzene rings is 1. The number of aryl methyl sites for hydroxylation is 1. The van der Waals surface area contributed by atoms with Crippen LogP contribution in [0.3, 0.4) is 0 Å². The predicted molar refractivity (Wildman–Crippen MR) is 72.6 cm³/mol. The predicted octanol–water partition coefficient (Wildman–Crippen LogP) is 2.33. The molecule has 102 valence electrons. The monoisotopic (exact) mass is 301 g/mol. The summed E-state index contributed by atoms with van der Waals surface area (Å²) in [5.74, 6) is 0. The van der Waals surface area contributed by atoms with E-state index in [-0.39, 0.29) is 15.9 Å². The molecule has 0 aliphatic carbocycles. The van der Waals surface area contributed by atoms with Gasteiger partial charge in [0.25, 0.3) is 10.0 Å². The van der Waals surface area contributed by atoms with Crippen LogP contribution in [0.2, 0.25) is 5.02 Å². The number of nitrogens with zero attached hydrogens (tertiary/aromatic N) is 1. The Morgan fingerprint density at radius 2 is 2.05 bits per heavy atom. The molecular weight excluding hydrogens is 290 g/mol. The van der Waals surface area contributed by atoms with Crippen molar-refractivity contribution < 1.29 is 12.8 Å². The zero-order valence-electron chi connectivity index (χ0n) is 10.3. The van der Waals surface area contributed by atoms with Gasteiger partial charge in [0.1, 0.15) is 6.26 Å². The maximum Gasteiger partial charge on any atom is 0.309 e. The van der Waals surface area contributed by atoms with E-state index in [1.54, 1.807) is 13.8 Å². The number of rotatable bonds is 3. The molecule has 0 amide bonds. The van der Waals surface area contributed by atoms with E-state index in [9.17, 15) is 8.42 Å². The lowest BCUT2D eigenvalue weighted by Crippen LogP contribution is -2.15. The molecular formula is C11H12ClN3O3S. The summed E-state index contributed by atoms with van der Waals surface area (Å²) >= 11 is 5.82. The lowest BCUT2D eigenvalue weighted by molar-refractivity contribution is 0.569. The van der Waals surface area contributed by atoms with Crippen LogP contribution >= 0.6 is 11.6 Å². The molecule has 1 aromatic heterocycles. The average Bonchev–Trinajstić information content (AvgIpc) is 2.68. The van der Waals surface area contributed by atoms with Crippen LogP contribution in [-0.2, 0) is 10.0 Å². The minimum Gasteiger partial charge on any atom is -0.431 e. The molecule has 2 rings (SSSR count). The van der Waals surface area contributed by atoms with Gasteiger partial charge in [0.15, 0.2) is 0 Å². The van der Waals surface area contributed by atoms with Gasteiger partial charge in [0.2, 0.25) is 0 Å². The van der Waals surface area contributed by atoms with Gasteiger partial charge in [-0.2, -0.15) is 4.98 Å². The van der Waals surface area contributed by atoms with Gasteiger partial charge in [-0.05, 0) is 31.5 Å². The summed E-state index contributed by atoms with van der Waals surface area (Å²) in [6, 6.07) is 2.71. The second kappa shape index (κ2) is 4.75. The van der Waals surface area contributed by atoms with Gasteiger partial charge in [0.05, 0.1) is 10.6 Å². The van der Waals surface area contributed by atoms with Crippen molar-refractivity contribution in [2.24, 2.45) is 0 Å².